The second-order valence-corrected chi connectivity index (χ2v) is 12.1. The highest BCUT2D eigenvalue weighted by Gasteiger charge is 2.63. The van der Waals surface area contributed by atoms with Gasteiger partial charge in [-0.3, -0.25) is 4.79 Å². The second-order valence-electron chi connectivity index (χ2n) is 12.1. The third-order valence-corrected chi connectivity index (χ3v) is 10.5. The van der Waals surface area contributed by atoms with Gasteiger partial charge >= 0.3 is 0 Å². The molecule has 0 radical (unpaired) electrons. The normalized spacial score (nSPS) is 50.0. The van der Waals surface area contributed by atoms with Crippen LogP contribution in [0.1, 0.15) is 71.6 Å². The van der Waals surface area contributed by atoms with E-state index in [-0.39, 0.29) is 16.7 Å². The zero-order valence-corrected chi connectivity index (χ0v) is 19.8. The first-order chi connectivity index (χ1) is 14.8. The van der Waals surface area contributed by atoms with Gasteiger partial charge in [0.1, 0.15) is 0 Å². The smallest absolute Gasteiger partial charge is 0.153 e. The molecular weight excluding hydrogens is 390 g/mol. The predicted molar refractivity (Wildman–Crippen MR) is 120 cm³/mol. The molecular formula is C25H43N3O3. The van der Waals surface area contributed by atoms with Crippen LogP contribution in [0, 0.1) is 40.4 Å². The van der Waals surface area contributed by atoms with E-state index in [4.69, 9.17) is 4.74 Å². The Morgan fingerprint density at radius 2 is 1.81 bits per heavy atom. The van der Waals surface area contributed by atoms with E-state index in [2.05, 4.69) is 17.8 Å². The van der Waals surface area contributed by atoms with E-state index in [1.807, 2.05) is 19.2 Å². The molecule has 6 nitrogen and oxygen atoms in total. The van der Waals surface area contributed by atoms with Crippen molar-refractivity contribution >= 4 is 5.78 Å². The first-order valence-corrected chi connectivity index (χ1v) is 12.8. The largest absolute Gasteiger partial charge is 0.390 e. The molecule has 4 aliphatic carbocycles. The van der Waals surface area contributed by atoms with Crippen LogP contribution in [0.25, 0.3) is 0 Å². The van der Waals surface area contributed by atoms with Crippen molar-refractivity contribution in [3.05, 3.63) is 0 Å². The number of ether oxygens (including phenoxy) is 1. The van der Waals surface area contributed by atoms with E-state index in [1.165, 1.54) is 32.1 Å². The van der Waals surface area contributed by atoms with E-state index in [0.717, 1.165) is 45.4 Å². The number of hydrazine groups is 2. The van der Waals surface area contributed by atoms with Gasteiger partial charge in [-0.25, -0.2) is 10.9 Å². The minimum Gasteiger partial charge on any atom is -0.390 e. The van der Waals surface area contributed by atoms with Gasteiger partial charge in [0, 0.05) is 26.1 Å². The standard InChI is InChI=1S/C25H43N3O3/c1-23(30)10-11-25(16-31-3)17(14-23)4-5-18-19-6-7-21(24(19,2)9-8-20(18)25)22(29)15-28-26-12-13-27-28/h17-21,26-27,30H,4-16H2,1-3H3/t17-,18-,19-,20?,21+,23+,24-,25+/m0/s1. The Morgan fingerprint density at radius 3 is 2.55 bits per heavy atom. The first kappa shape index (κ1) is 22.3. The van der Waals surface area contributed by atoms with Crippen LogP contribution in [0.2, 0.25) is 0 Å². The van der Waals surface area contributed by atoms with E-state index in [9.17, 15) is 9.90 Å². The molecule has 1 saturated heterocycles. The Morgan fingerprint density at radius 1 is 1.03 bits per heavy atom. The topological polar surface area (TPSA) is 73.8 Å². The minimum absolute atomic E-state index is 0.152. The molecule has 5 rings (SSSR count). The predicted octanol–water partition coefficient (Wildman–Crippen LogP) is 2.92. The van der Waals surface area contributed by atoms with Gasteiger partial charge in [-0.15, -0.1) is 0 Å². The van der Waals surface area contributed by atoms with Crippen molar-refractivity contribution in [1.82, 2.24) is 16.0 Å². The Kier molecular flexibility index (Phi) is 5.78. The Hall–Kier alpha value is -0.530. The summed E-state index contributed by atoms with van der Waals surface area (Å²) in [5, 5.41) is 12.7. The van der Waals surface area contributed by atoms with Crippen LogP contribution in [0.15, 0.2) is 0 Å². The molecule has 176 valence electrons. The van der Waals surface area contributed by atoms with Crippen molar-refractivity contribution in [2.45, 2.75) is 77.2 Å². The van der Waals surface area contributed by atoms with Crippen LogP contribution < -0.4 is 10.9 Å². The fourth-order valence-corrected chi connectivity index (χ4v) is 9.13. The van der Waals surface area contributed by atoms with Crippen LogP contribution in [0.5, 0.6) is 0 Å². The fourth-order valence-electron chi connectivity index (χ4n) is 9.13. The summed E-state index contributed by atoms with van der Waals surface area (Å²) in [4.78, 5) is 13.3. The summed E-state index contributed by atoms with van der Waals surface area (Å²) < 4.78 is 5.87. The maximum absolute atomic E-state index is 13.3. The monoisotopic (exact) mass is 433 g/mol. The highest BCUT2D eigenvalue weighted by atomic mass is 16.5. The molecule has 4 saturated carbocycles. The Bertz CT molecular complexity index is 693. The van der Waals surface area contributed by atoms with E-state index >= 15 is 0 Å². The average molecular weight is 434 g/mol. The lowest BCUT2D eigenvalue weighted by atomic mass is 9.43. The van der Waals surface area contributed by atoms with Crippen molar-refractivity contribution in [2.75, 3.05) is 33.4 Å². The van der Waals surface area contributed by atoms with Crippen molar-refractivity contribution in [2.24, 2.45) is 40.4 Å². The quantitative estimate of drug-likeness (QED) is 0.619. The van der Waals surface area contributed by atoms with Gasteiger partial charge in [0.05, 0.1) is 18.8 Å². The zero-order chi connectivity index (χ0) is 21.9. The SMILES string of the molecule is COC[C@]12CC[C@@](C)(O)C[C@@H]1CC[C@@H]1C2CC[C@]2(C)[C@@H](C(=O)CN3NCCN3)CC[C@@H]12. The summed E-state index contributed by atoms with van der Waals surface area (Å²) in [5.74, 6) is 3.26. The lowest BCUT2D eigenvalue weighted by Crippen LogP contribution is -2.58. The van der Waals surface area contributed by atoms with Gasteiger partial charge in [-0.2, -0.15) is 5.12 Å². The van der Waals surface area contributed by atoms with Gasteiger partial charge in [-0.05, 0) is 99.2 Å². The molecule has 0 bridgehead atoms. The van der Waals surface area contributed by atoms with Gasteiger partial charge in [0.2, 0.25) is 0 Å². The van der Waals surface area contributed by atoms with Crippen molar-refractivity contribution in [3.8, 4) is 0 Å². The van der Waals surface area contributed by atoms with E-state index < -0.39 is 5.60 Å². The lowest BCUT2D eigenvalue weighted by molar-refractivity contribution is -0.175. The number of methoxy groups -OCH3 is 1. The van der Waals surface area contributed by atoms with Gasteiger partial charge in [0.15, 0.2) is 5.78 Å². The molecule has 8 atom stereocenters. The molecule has 0 aromatic heterocycles. The maximum Gasteiger partial charge on any atom is 0.153 e. The van der Waals surface area contributed by atoms with Crippen LogP contribution in [0.3, 0.4) is 0 Å². The van der Waals surface area contributed by atoms with E-state index in [1.54, 1.807) is 0 Å². The first-order valence-electron chi connectivity index (χ1n) is 12.8. The number of hydrogen-bond acceptors (Lipinski definition) is 6. The molecule has 1 aliphatic heterocycles. The number of fused-ring (bicyclic) bond motifs is 5. The average Bonchev–Trinajstić information content (AvgIpc) is 3.35. The fraction of sp³-hybridized carbons (Fsp3) is 0.960. The summed E-state index contributed by atoms with van der Waals surface area (Å²) in [7, 11) is 1.86. The number of nitrogens with zero attached hydrogens (tertiary/aromatic N) is 1. The minimum atomic E-state index is -0.513. The van der Waals surface area contributed by atoms with Crippen LogP contribution in [-0.4, -0.2) is 55.0 Å². The number of Topliss-reactive ketones (excluding diaryl/α,β-unsaturated/α-hetero) is 1. The zero-order valence-electron chi connectivity index (χ0n) is 19.8. The molecule has 1 heterocycles. The Labute approximate surface area is 187 Å². The van der Waals surface area contributed by atoms with Gasteiger partial charge in [-0.1, -0.05) is 6.92 Å². The van der Waals surface area contributed by atoms with Gasteiger partial charge in [0.25, 0.3) is 0 Å². The molecule has 5 aliphatic rings. The third-order valence-electron chi connectivity index (χ3n) is 10.5. The van der Waals surface area contributed by atoms with Crippen molar-refractivity contribution in [1.29, 1.82) is 0 Å². The number of rotatable bonds is 5. The molecule has 0 amide bonds. The van der Waals surface area contributed by atoms with Crippen molar-refractivity contribution < 1.29 is 14.6 Å². The molecule has 3 N–H and O–H groups in total. The van der Waals surface area contributed by atoms with Crippen molar-refractivity contribution in [3.63, 3.8) is 0 Å². The van der Waals surface area contributed by atoms with Crippen LogP contribution in [-0.2, 0) is 9.53 Å². The number of hydrogen-bond donors (Lipinski definition) is 3. The molecule has 1 unspecified atom stereocenters. The van der Waals surface area contributed by atoms with Crippen LogP contribution >= 0.6 is 0 Å². The van der Waals surface area contributed by atoms with Crippen LogP contribution in [0.4, 0.5) is 0 Å². The summed E-state index contributed by atoms with van der Waals surface area (Å²) in [5.41, 5.74) is 6.40. The summed E-state index contributed by atoms with van der Waals surface area (Å²) in [6.07, 6.45) is 10.1. The van der Waals surface area contributed by atoms with E-state index in [0.29, 0.717) is 36.0 Å². The Balaban J connectivity index is 1.36. The summed E-state index contributed by atoms with van der Waals surface area (Å²) in [6.45, 7) is 7.59. The number of carbonyl (C=O) groups is 1. The second kappa shape index (κ2) is 8.05. The highest BCUT2D eigenvalue weighted by Crippen LogP contribution is 2.68. The molecule has 0 spiro atoms. The van der Waals surface area contributed by atoms with Gasteiger partial charge < -0.3 is 9.84 Å². The summed E-state index contributed by atoms with van der Waals surface area (Å²) in [6, 6.07) is 0. The highest BCUT2D eigenvalue weighted by molar-refractivity contribution is 5.84. The number of ketones is 1. The third kappa shape index (κ3) is 3.61. The summed E-state index contributed by atoms with van der Waals surface area (Å²) >= 11 is 0. The number of carbonyl (C=O) groups excluding carboxylic acids is 1. The molecule has 6 heteroatoms. The maximum atomic E-state index is 13.3. The molecule has 5 fully saturated rings. The number of nitrogens with one attached hydrogen (secondary N) is 2. The number of aliphatic hydroxyl groups is 1. The molecule has 0 aromatic carbocycles. The lowest BCUT2D eigenvalue weighted by Gasteiger charge is -2.62. The molecule has 0 aromatic rings. The molecule has 31 heavy (non-hydrogen) atoms.